The largest absolute Gasteiger partial charge is 0.360 e. The SMILES string of the molecule is O=C(N=[N+]=NCc1ccc(S(=O)(=O)N2CCC(Nc3ncccn3)CC2)s1)c1cccc([N+](=O)[O-])c1. The van der Waals surface area contributed by atoms with Gasteiger partial charge in [-0.05, 0) is 37.1 Å². The number of rotatable bonds is 8. The second kappa shape index (κ2) is 11.2. The normalized spacial score (nSPS) is 14.6. The van der Waals surface area contributed by atoms with E-state index in [0.29, 0.717) is 36.8 Å². The van der Waals surface area contributed by atoms with Gasteiger partial charge in [0.25, 0.3) is 15.7 Å². The summed E-state index contributed by atoms with van der Waals surface area (Å²) in [6.07, 6.45) is 4.55. The van der Waals surface area contributed by atoms with Crippen LogP contribution in [-0.4, -0.2) is 52.7 Å². The van der Waals surface area contributed by atoms with Crippen molar-refractivity contribution in [1.82, 2.24) is 19.2 Å². The highest BCUT2D eigenvalue weighted by molar-refractivity contribution is 7.91. The van der Waals surface area contributed by atoms with Gasteiger partial charge in [-0.3, -0.25) is 14.9 Å². The number of nitrogens with zero attached hydrogens (tertiary/aromatic N) is 7. The van der Waals surface area contributed by atoms with Crippen molar-refractivity contribution < 1.29 is 18.1 Å². The minimum atomic E-state index is -3.64. The van der Waals surface area contributed by atoms with Crippen LogP contribution in [0.4, 0.5) is 11.6 Å². The van der Waals surface area contributed by atoms with Crippen LogP contribution in [-0.2, 0) is 16.6 Å². The Kier molecular flexibility index (Phi) is 7.85. The quantitative estimate of drug-likeness (QED) is 0.200. The summed E-state index contributed by atoms with van der Waals surface area (Å²) < 4.78 is 27.7. The van der Waals surface area contributed by atoms with Gasteiger partial charge in [0.2, 0.25) is 16.0 Å². The highest BCUT2D eigenvalue weighted by Gasteiger charge is 2.30. The molecule has 1 fully saturated rings. The fourth-order valence-electron chi connectivity index (χ4n) is 3.49. The summed E-state index contributed by atoms with van der Waals surface area (Å²) >= 11 is 1.08. The van der Waals surface area contributed by atoms with E-state index in [2.05, 4.69) is 30.4 Å². The van der Waals surface area contributed by atoms with Crippen LogP contribution in [0.5, 0.6) is 0 Å². The Labute approximate surface area is 209 Å². The Hall–Kier alpha value is -3.91. The zero-order valence-electron chi connectivity index (χ0n) is 18.8. The number of nitro benzene ring substituents is 1. The number of hydrogen-bond acceptors (Lipinski definition) is 10. The molecule has 3 heterocycles. The Morgan fingerprint density at radius 1 is 1.19 bits per heavy atom. The van der Waals surface area contributed by atoms with Crippen LogP contribution < -0.4 is 10.2 Å². The molecule has 0 atom stereocenters. The van der Waals surface area contributed by atoms with Gasteiger partial charge in [-0.2, -0.15) is 4.31 Å². The molecule has 3 aromatic rings. The number of amides is 1. The third-order valence-corrected chi connectivity index (χ3v) is 8.75. The molecule has 0 bridgehead atoms. The molecule has 1 aliphatic rings. The molecule has 1 aliphatic heterocycles. The number of aromatic nitrogens is 2. The molecule has 0 spiro atoms. The first-order valence-corrected chi connectivity index (χ1v) is 13.1. The van der Waals surface area contributed by atoms with Gasteiger partial charge in [-0.1, -0.05) is 6.07 Å². The number of piperidine rings is 1. The lowest BCUT2D eigenvalue weighted by Crippen LogP contribution is -2.42. The lowest BCUT2D eigenvalue weighted by Gasteiger charge is -2.31. The number of anilines is 1. The lowest BCUT2D eigenvalue weighted by molar-refractivity contribution is -0.384. The maximum absolute atomic E-state index is 13.0. The van der Waals surface area contributed by atoms with Crippen LogP contribution in [0, 0.1) is 10.1 Å². The molecule has 0 saturated carbocycles. The van der Waals surface area contributed by atoms with E-state index in [4.69, 9.17) is 0 Å². The maximum Gasteiger partial charge on any atom is 0.360 e. The molecule has 0 unspecified atom stereocenters. The van der Waals surface area contributed by atoms with Crippen molar-refractivity contribution in [2.24, 2.45) is 10.2 Å². The fourth-order valence-corrected chi connectivity index (χ4v) is 6.39. The average Bonchev–Trinajstić information content (AvgIpc) is 3.37. The third-order valence-electron chi connectivity index (χ3n) is 5.31. The third kappa shape index (κ3) is 6.20. The molecule has 0 aliphatic carbocycles. The number of carbonyl (C=O) groups is 1. The smallest absolute Gasteiger partial charge is 0.351 e. The van der Waals surface area contributed by atoms with Crippen molar-refractivity contribution in [1.29, 1.82) is 0 Å². The Morgan fingerprint density at radius 3 is 2.67 bits per heavy atom. The van der Waals surface area contributed by atoms with Gasteiger partial charge in [-0.25, -0.2) is 18.4 Å². The molecule has 36 heavy (non-hydrogen) atoms. The van der Waals surface area contributed by atoms with Gasteiger partial charge in [0, 0.05) is 48.5 Å². The summed E-state index contributed by atoms with van der Waals surface area (Å²) in [7, 11) is -3.64. The first kappa shape index (κ1) is 25.2. The predicted octanol–water partition coefficient (Wildman–Crippen LogP) is 3.02. The van der Waals surface area contributed by atoms with E-state index in [1.165, 1.54) is 28.6 Å². The zero-order valence-corrected chi connectivity index (χ0v) is 20.4. The van der Waals surface area contributed by atoms with Crippen molar-refractivity contribution in [3.05, 3.63) is 75.4 Å². The predicted molar refractivity (Wildman–Crippen MR) is 130 cm³/mol. The summed E-state index contributed by atoms with van der Waals surface area (Å²) in [4.78, 5) is 34.6. The van der Waals surface area contributed by atoms with Crippen molar-refractivity contribution in [3.63, 3.8) is 0 Å². The molecule has 4 rings (SSSR count). The second-order valence-corrected chi connectivity index (χ2v) is 11.1. The van der Waals surface area contributed by atoms with Crippen molar-refractivity contribution in [3.8, 4) is 0 Å². The molecule has 1 aromatic carbocycles. The van der Waals surface area contributed by atoms with E-state index >= 15 is 0 Å². The van der Waals surface area contributed by atoms with Crippen LogP contribution in [0.25, 0.3) is 0 Å². The van der Waals surface area contributed by atoms with E-state index in [0.717, 1.165) is 17.4 Å². The van der Waals surface area contributed by atoms with Crippen LogP contribution in [0.15, 0.2) is 69.3 Å². The fraction of sp³-hybridized carbons (Fsp3) is 0.286. The number of sulfonamides is 1. The van der Waals surface area contributed by atoms with Crippen molar-refractivity contribution >= 4 is 38.9 Å². The number of hydrogen-bond donors (Lipinski definition) is 1. The van der Waals surface area contributed by atoms with E-state index in [1.54, 1.807) is 24.5 Å². The number of nitrogens with one attached hydrogen (secondary N) is 1. The van der Waals surface area contributed by atoms with Crippen molar-refractivity contribution in [2.75, 3.05) is 18.4 Å². The van der Waals surface area contributed by atoms with E-state index in [1.807, 2.05) is 0 Å². The highest BCUT2D eigenvalue weighted by atomic mass is 32.2. The Morgan fingerprint density at radius 2 is 1.94 bits per heavy atom. The molecule has 15 heteroatoms. The van der Waals surface area contributed by atoms with E-state index in [9.17, 15) is 23.3 Å². The van der Waals surface area contributed by atoms with Crippen LogP contribution in [0.1, 0.15) is 28.1 Å². The van der Waals surface area contributed by atoms with Gasteiger partial charge >= 0.3 is 5.91 Å². The van der Waals surface area contributed by atoms with Crippen LogP contribution in [0.2, 0.25) is 0 Å². The summed E-state index contributed by atoms with van der Waals surface area (Å²) in [5.74, 6) is -0.247. The lowest BCUT2D eigenvalue weighted by atomic mass is 10.1. The summed E-state index contributed by atoms with van der Waals surface area (Å²) in [5, 5.41) is 21.3. The number of nitro groups is 1. The topological polar surface area (TPSA) is 174 Å². The summed E-state index contributed by atoms with van der Waals surface area (Å²) in [5.41, 5.74) is -0.214. The monoisotopic (exact) mass is 529 g/mol. The molecule has 13 nitrogen and oxygen atoms in total. The molecular formula is C21H21N8O5S2+. The molecule has 1 amide bonds. The molecule has 186 valence electrons. The van der Waals surface area contributed by atoms with E-state index < -0.39 is 20.9 Å². The van der Waals surface area contributed by atoms with Gasteiger partial charge in [0.15, 0.2) is 6.54 Å². The van der Waals surface area contributed by atoms with Gasteiger partial charge < -0.3 is 5.32 Å². The molecule has 2 aromatic heterocycles. The average molecular weight is 530 g/mol. The summed E-state index contributed by atoms with van der Waals surface area (Å²) in [6.45, 7) is 0.784. The minimum absolute atomic E-state index is 0.0166. The summed E-state index contributed by atoms with van der Waals surface area (Å²) in [6, 6.07) is 10.1. The highest BCUT2D eigenvalue weighted by Crippen LogP contribution is 2.28. The van der Waals surface area contributed by atoms with Gasteiger partial charge in [0.1, 0.15) is 9.32 Å². The minimum Gasteiger partial charge on any atom is -0.351 e. The second-order valence-electron chi connectivity index (χ2n) is 7.72. The number of carbonyl (C=O) groups excluding carboxylic acids is 1. The standard InChI is InChI=1S/C21H21N8O5S2/c30-20(15-3-1-4-17(13-15)29(31)32)26-27-24-14-18-5-6-19(35-18)36(33,34)28-11-7-16(8-12-28)25-21-22-9-2-10-23-21/h1-6,9-10,13,16H,7-8,11-12,14H2,(H,22,23,25)/q+1. The Bertz CT molecular complexity index is 1410. The molecular weight excluding hydrogens is 508 g/mol. The van der Waals surface area contributed by atoms with Gasteiger partial charge in [0.05, 0.1) is 10.5 Å². The maximum atomic E-state index is 13.0. The van der Waals surface area contributed by atoms with E-state index in [-0.39, 0.29) is 28.0 Å². The number of benzene rings is 1. The molecule has 1 saturated heterocycles. The van der Waals surface area contributed by atoms with Crippen molar-refractivity contribution in [2.45, 2.75) is 29.6 Å². The van der Waals surface area contributed by atoms with Gasteiger partial charge in [-0.15, -0.1) is 11.3 Å². The first-order chi connectivity index (χ1) is 17.3. The Balaban J connectivity index is 1.32. The first-order valence-electron chi connectivity index (χ1n) is 10.8. The van der Waals surface area contributed by atoms with Crippen LogP contribution >= 0.6 is 11.3 Å². The zero-order chi connectivity index (χ0) is 25.5. The number of thiophene rings is 1. The number of non-ortho nitro benzene ring substituents is 1. The molecule has 0 radical (unpaired) electrons. The molecule has 1 N–H and O–H groups in total. The van der Waals surface area contributed by atoms with Crippen LogP contribution in [0.3, 0.4) is 0 Å².